The van der Waals surface area contributed by atoms with Crippen molar-refractivity contribution in [3.8, 4) is 0 Å². The Morgan fingerprint density at radius 2 is 1.86 bits per heavy atom. The van der Waals surface area contributed by atoms with Crippen molar-refractivity contribution in [2.75, 3.05) is 13.1 Å². The number of amides is 1. The van der Waals surface area contributed by atoms with Crippen LogP contribution in [0.2, 0.25) is 0 Å². The summed E-state index contributed by atoms with van der Waals surface area (Å²) in [5.41, 5.74) is 5.71. The first-order valence-electron chi connectivity index (χ1n) is 10.8. The van der Waals surface area contributed by atoms with Crippen molar-refractivity contribution < 1.29 is 4.79 Å². The molecule has 2 aromatic carbocycles. The molecule has 4 heteroatoms. The van der Waals surface area contributed by atoms with Gasteiger partial charge >= 0.3 is 0 Å². The third-order valence-corrected chi connectivity index (χ3v) is 6.26. The van der Waals surface area contributed by atoms with Gasteiger partial charge in [0.15, 0.2) is 0 Å². The van der Waals surface area contributed by atoms with Crippen molar-refractivity contribution in [1.82, 2.24) is 9.91 Å². The first kappa shape index (κ1) is 19.8. The van der Waals surface area contributed by atoms with Crippen molar-refractivity contribution >= 4 is 11.6 Å². The van der Waals surface area contributed by atoms with Gasteiger partial charge in [0, 0.05) is 12.5 Å². The summed E-state index contributed by atoms with van der Waals surface area (Å²) in [7, 11) is 0. The molecule has 29 heavy (non-hydrogen) atoms. The highest BCUT2D eigenvalue weighted by molar-refractivity contribution is 6.03. The molecule has 1 fully saturated rings. The van der Waals surface area contributed by atoms with Gasteiger partial charge in [-0.2, -0.15) is 5.10 Å². The van der Waals surface area contributed by atoms with E-state index in [0.717, 1.165) is 29.8 Å². The van der Waals surface area contributed by atoms with E-state index in [4.69, 9.17) is 5.10 Å². The fourth-order valence-corrected chi connectivity index (χ4v) is 4.43. The molecule has 4 rings (SSSR count). The van der Waals surface area contributed by atoms with Crippen LogP contribution >= 0.6 is 0 Å². The van der Waals surface area contributed by atoms with Crippen LogP contribution in [0.25, 0.3) is 0 Å². The topological polar surface area (TPSA) is 35.9 Å². The van der Waals surface area contributed by atoms with E-state index in [1.807, 2.05) is 0 Å². The quantitative estimate of drug-likeness (QED) is 0.749. The number of carbonyl (C=O) groups excluding carboxylic acids is 1. The van der Waals surface area contributed by atoms with Gasteiger partial charge in [-0.25, -0.2) is 5.01 Å². The maximum absolute atomic E-state index is 13.3. The summed E-state index contributed by atoms with van der Waals surface area (Å²) < 4.78 is 0. The molecule has 2 aromatic rings. The highest BCUT2D eigenvalue weighted by Gasteiger charge is 2.34. The minimum Gasteiger partial charge on any atom is -0.292 e. The molecule has 0 spiro atoms. The summed E-state index contributed by atoms with van der Waals surface area (Å²) in [6.45, 7) is 7.87. The van der Waals surface area contributed by atoms with Crippen LogP contribution in [0.3, 0.4) is 0 Å². The van der Waals surface area contributed by atoms with Gasteiger partial charge in [-0.15, -0.1) is 0 Å². The number of likely N-dealkylation sites (tertiary alicyclic amines) is 1. The van der Waals surface area contributed by atoms with Crippen LogP contribution in [0.15, 0.2) is 53.6 Å². The van der Waals surface area contributed by atoms with Gasteiger partial charge in [0.2, 0.25) is 0 Å². The highest BCUT2D eigenvalue weighted by Crippen LogP contribution is 2.33. The molecule has 0 radical (unpaired) electrons. The zero-order valence-electron chi connectivity index (χ0n) is 17.8. The molecule has 2 aliphatic rings. The van der Waals surface area contributed by atoms with E-state index in [2.05, 4.69) is 74.2 Å². The Morgan fingerprint density at radius 3 is 2.59 bits per heavy atom. The van der Waals surface area contributed by atoms with Gasteiger partial charge in [-0.3, -0.25) is 9.69 Å². The number of piperidine rings is 1. The molecule has 1 amide bonds. The van der Waals surface area contributed by atoms with E-state index in [0.29, 0.717) is 12.6 Å². The van der Waals surface area contributed by atoms with E-state index in [1.165, 1.54) is 30.4 Å². The van der Waals surface area contributed by atoms with Crippen LogP contribution < -0.4 is 0 Å². The summed E-state index contributed by atoms with van der Waals surface area (Å²) in [5, 5.41) is 6.60. The molecule has 2 atom stereocenters. The molecule has 0 saturated carbocycles. The molecule has 0 aliphatic carbocycles. The Labute approximate surface area is 174 Å². The van der Waals surface area contributed by atoms with Crippen molar-refractivity contribution in [3.63, 3.8) is 0 Å². The molecule has 0 N–H and O–H groups in total. The number of hydrogen-bond donors (Lipinski definition) is 0. The van der Waals surface area contributed by atoms with Gasteiger partial charge in [0.05, 0.1) is 18.3 Å². The largest absolute Gasteiger partial charge is 0.292 e. The number of aryl methyl sites for hydroxylation is 2. The SMILES string of the molecule is Cc1ccc([C@@H]2CC(c3cccc(C)c3)=NN2C(=O)CN2CCCC[C@H]2C)cc1. The Morgan fingerprint density at radius 1 is 1.07 bits per heavy atom. The third-order valence-electron chi connectivity index (χ3n) is 6.26. The minimum atomic E-state index is -0.0290. The zero-order valence-corrected chi connectivity index (χ0v) is 17.8. The molecular formula is C25H31N3O. The Kier molecular flexibility index (Phi) is 5.81. The molecule has 2 aliphatic heterocycles. The molecule has 152 valence electrons. The number of nitrogens with zero attached hydrogens (tertiary/aromatic N) is 3. The molecule has 0 bridgehead atoms. The lowest BCUT2D eigenvalue weighted by Gasteiger charge is -2.34. The summed E-state index contributed by atoms with van der Waals surface area (Å²) in [6, 6.07) is 17.4. The van der Waals surface area contributed by atoms with Crippen molar-refractivity contribution in [2.45, 2.75) is 58.5 Å². The van der Waals surface area contributed by atoms with E-state index in [1.54, 1.807) is 5.01 Å². The minimum absolute atomic E-state index is 0.0290. The van der Waals surface area contributed by atoms with E-state index < -0.39 is 0 Å². The Balaban J connectivity index is 1.61. The van der Waals surface area contributed by atoms with E-state index in [9.17, 15) is 4.79 Å². The van der Waals surface area contributed by atoms with Gasteiger partial charge in [-0.05, 0) is 51.3 Å². The van der Waals surface area contributed by atoms with Crippen LogP contribution in [0.5, 0.6) is 0 Å². The second kappa shape index (κ2) is 8.50. The predicted octanol–water partition coefficient (Wildman–Crippen LogP) is 4.86. The van der Waals surface area contributed by atoms with Crippen molar-refractivity contribution in [1.29, 1.82) is 0 Å². The van der Waals surface area contributed by atoms with Gasteiger partial charge < -0.3 is 0 Å². The number of hydrogen-bond acceptors (Lipinski definition) is 3. The van der Waals surface area contributed by atoms with Crippen LogP contribution in [0.4, 0.5) is 0 Å². The van der Waals surface area contributed by atoms with Gasteiger partial charge in [0.25, 0.3) is 5.91 Å². The van der Waals surface area contributed by atoms with Crippen LogP contribution in [-0.2, 0) is 4.79 Å². The average molecular weight is 390 g/mol. The monoisotopic (exact) mass is 389 g/mol. The number of rotatable bonds is 4. The fourth-order valence-electron chi connectivity index (χ4n) is 4.43. The van der Waals surface area contributed by atoms with Crippen LogP contribution in [-0.4, -0.2) is 40.7 Å². The number of carbonyl (C=O) groups is 1. The molecule has 1 saturated heterocycles. The molecule has 4 nitrogen and oxygen atoms in total. The average Bonchev–Trinajstić information content (AvgIpc) is 3.16. The molecule has 0 unspecified atom stereocenters. The van der Waals surface area contributed by atoms with Crippen molar-refractivity contribution in [3.05, 3.63) is 70.8 Å². The van der Waals surface area contributed by atoms with Gasteiger partial charge in [-0.1, -0.05) is 66.1 Å². The lowest BCUT2D eigenvalue weighted by atomic mass is 9.97. The summed E-state index contributed by atoms with van der Waals surface area (Å²) in [6.07, 6.45) is 4.37. The summed E-state index contributed by atoms with van der Waals surface area (Å²) in [5.74, 6) is 0.104. The highest BCUT2D eigenvalue weighted by atomic mass is 16.2. The molecule has 0 aromatic heterocycles. The van der Waals surface area contributed by atoms with Crippen LogP contribution in [0, 0.1) is 13.8 Å². The second-order valence-corrected chi connectivity index (χ2v) is 8.60. The standard InChI is InChI=1S/C25H31N3O/c1-18-10-12-21(13-11-18)24-16-23(22-9-6-7-19(2)15-22)26-28(24)25(29)17-27-14-5-4-8-20(27)3/h6-7,9-13,15,20,24H,4-5,8,14,16-17H2,1-3H3/t20-,24+/m1/s1. The van der Waals surface area contributed by atoms with Gasteiger partial charge in [0.1, 0.15) is 0 Å². The van der Waals surface area contributed by atoms with E-state index >= 15 is 0 Å². The lowest BCUT2D eigenvalue weighted by Crippen LogP contribution is -2.44. The maximum atomic E-state index is 13.3. The predicted molar refractivity (Wildman–Crippen MR) is 118 cm³/mol. The van der Waals surface area contributed by atoms with Crippen LogP contribution in [0.1, 0.15) is 60.9 Å². The summed E-state index contributed by atoms with van der Waals surface area (Å²) in [4.78, 5) is 15.6. The third kappa shape index (κ3) is 4.43. The lowest BCUT2D eigenvalue weighted by molar-refractivity contribution is -0.135. The number of hydrazone groups is 1. The van der Waals surface area contributed by atoms with Crippen molar-refractivity contribution in [2.24, 2.45) is 5.10 Å². The number of benzene rings is 2. The molecule has 2 heterocycles. The maximum Gasteiger partial charge on any atom is 0.257 e. The molecular weight excluding hydrogens is 358 g/mol. The Hall–Kier alpha value is -2.46. The fraction of sp³-hybridized carbons (Fsp3) is 0.440. The van der Waals surface area contributed by atoms with E-state index in [-0.39, 0.29) is 11.9 Å². The first-order valence-corrected chi connectivity index (χ1v) is 10.8. The second-order valence-electron chi connectivity index (χ2n) is 8.60. The normalized spacial score (nSPS) is 22.6. The summed E-state index contributed by atoms with van der Waals surface area (Å²) >= 11 is 0. The smallest absolute Gasteiger partial charge is 0.257 e. The first-order chi connectivity index (χ1) is 14.0. The Bertz CT molecular complexity index is 903. The zero-order chi connectivity index (χ0) is 20.4.